The molecule has 0 aromatic heterocycles. The number of carbonyl (C=O) groups is 3. The summed E-state index contributed by atoms with van der Waals surface area (Å²) < 4.78 is 5.58. The zero-order chi connectivity index (χ0) is 21.5. The molecule has 30 heavy (non-hydrogen) atoms. The van der Waals surface area contributed by atoms with Gasteiger partial charge >= 0.3 is 0 Å². The summed E-state index contributed by atoms with van der Waals surface area (Å²) in [5.74, 6) is -0.521. The van der Waals surface area contributed by atoms with Gasteiger partial charge in [-0.2, -0.15) is 0 Å². The lowest BCUT2D eigenvalue weighted by molar-refractivity contribution is -0.118. The predicted octanol–water partition coefficient (Wildman–Crippen LogP) is 4.53. The molecule has 0 saturated heterocycles. The van der Waals surface area contributed by atoms with Crippen molar-refractivity contribution in [3.63, 3.8) is 0 Å². The molecule has 0 spiro atoms. The Balaban J connectivity index is 1.65. The van der Waals surface area contributed by atoms with Gasteiger partial charge in [-0.1, -0.05) is 42.5 Å². The van der Waals surface area contributed by atoms with Crippen LogP contribution in [0.15, 0.2) is 72.8 Å². The highest BCUT2D eigenvalue weighted by Gasteiger charge is 2.11. The van der Waals surface area contributed by atoms with Crippen LogP contribution in [0.5, 0.6) is 5.75 Å². The average molecular weight is 402 g/mol. The molecule has 3 aromatic carbocycles. The molecule has 152 valence electrons. The van der Waals surface area contributed by atoms with Crippen molar-refractivity contribution < 1.29 is 19.1 Å². The minimum absolute atomic E-state index is 0.141. The van der Waals surface area contributed by atoms with Crippen LogP contribution in [0, 0.1) is 0 Å². The van der Waals surface area contributed by atoms with Gasteiger partial charge in [-0.25, -0.2) is 0 Å². The van der Waals surface area contributed by atoms with Gasteiger partial charge in [-0.3, -0.25) is 14.4 Å². The van der Waals surface area contributed by atoms with Crippen molar-refractivity contribution in [1.29, 1.82) is 0 Å². The number of amides is 2. The normalized spacial score (nSPS) is 10.2. The van der Waals surface area contributed by atoms with Crippen molar-refractivity contribution in [2.24, 2.45) is 0 Å². The van der Waals surface area contributed by atoms with Crippen molar-refractivity contribution in [2.45, 2.75) is 13.8 Å². The Morgan fingerprint density at radius 1 is 0.800 bits per heavy atom. The number of benzene rings is 3. The van der Waals surface area contributed by atoms with Crippen molar-refractivity contribution in [1.82, 2.24) is 0 Å². The highest BCUT2D eigenvalue weighted by atomic mass is 16.5. The lowest BCUT2D eigenvalue weighted by Crippen LogP contribution is -2.21. The molecule has 0 aliphatic heterocycles. The van der Waals surface area contributed by atoms with E-state index in [1.165, 1.54) is 19.9 Å². The molecule has 6 nitrogen and oxygen atoms in total. The number of hydrogen-bond acceptors (Lipinski definition) is 4. The van der Waals surface area contributed by atoms with Crippen molar-refractivity contribution in [3.8, 4) is 16.9 Å². The number of ether oxygens (including phenoxy) is 1. The first kappa shape index (κ1) is 20.8. The van der Waals surface area contributed by atoms with Crippen LogP contribution in [0.3, 0.4) is 0 Å². The van der Waals surface area contributed by atoms with Crippen LogP contribution in [0.4, 0.5) is 11.4 Å². The molecule has 2 amide bonds. The summed E-state index contributed by atoms with van der Waals surface area (Å²) in [5, 5.41) is 5.40. The molecule has 0 aliphatic carbocycles. The standard InChI is InChI=1S/C24H22N2O4/c1-16(27)20-10-13-22(25-17(2)28)23(14-20)30-15-24(29)26-21-11-8-19(9-12-21)18-6-4-3-5-7-18/h3-14H,15H2,1-2H3,(H,25,28)(H,26,29). The molecule has 0 aliphatic rings. The smallest absolute Gasteiger partial charge is 0.262 e. The topological polar surface area (TPSA) is 84.5 Å². The molecule has 3 rings (SSSR count). The molecule has 3 aromatic rings. The Hall–Kier alpha value is -3.93. The summed E-state index contributed by atoms with van der Waals surface area (Å²) in [4.78, 5) is 35.3. The third-order valence-corrected chi connectivity index (χ3v) is 4.33. The van der Waals surface area contributed by atoms with E-state index in [4.69, 9.17) is 4.74 Å². The fourth-order valence-electron chi connectivity index (χ4n) is 2.87. The van der Waals surface area contributed by atoms with Gasteiger partial charge in [0.05, 0.1) is 5.69 Å². The van der Waals surface area contributed by atoms with E-state index in [1.807, 2.05) is 54.6 Å². The van der Waals surface area contributed by atoms with Crippen LogP contribution in [0.2, 0.25) is 0 Å². The summed E-state index contributed by atoms with van der Waals surface area (Å²) in [6, 6.07) is 22.1. The number of ketones is 1. The largest absolute Gasteiger partial charge is 0.482 e. The molecular weight excluding hydrogens is 380 g/mol. The summed E-state index contributed by atoms with van der Waals surface area (Å²) in [7, 11) is 0. The second-order valence-electron chi connectivity index (χ2n) is 6.73. The number of Topliss-reactive ketones (excluding diaryl/α,β-unsaturated/α-hetero) is 1. The second-order valence-corrected chi connectivity index (χ2v) is 6.73. The second kappa shape index (κ2) is 9.52. The van der Waals surface area contributed by atoms with Crippen LogP contribution < -0.4 is 15.4 Å². The summed E-state index contributed by atoms with van der Waals surface area (Å²) in [5.41, 5.74) is 3.60. The molecule has 6 heteroatoms. The van der Waals surface area contributed by atoms with Crippen molar-refractivity contribution in [3.05, 3.63) is 78.4 Å². The number of rotatable bonds is 7. The fraction of sp³-hybridized carbons (Fsp3) is 0.125. The van der Waals surface area contributed by atoms with Crippen molar-refractivity contribution >= 4 is 29.0 Å². The Labute approximate surface area is 174 Å². The number of carbonyl (C=O) groups excluding carboxylic acids is 3. The van der Waals surface area contributed by atoms with E-state index < -0.39 is 0 Å². The minimum Gasteiger partial charge on any atom is -0.482 e. The molecule has 0 fully saturated rings. The molecule has 0 radical (unpaired) electrons. The Morgan fingerprint density at radius 3 is 2.10 bits per heavy atom. The quantitative estimate of drug-likeness (QED) is 0.569. The van der Waals surface area contributed by atoms with Gasteiger partial charge in [0, 0.05) is 18.2 Å². The number of hydrogen-bond donors (Lipinski definition) is 2. The molecule has 2 N–H and O–H groups in total. The first-order valence-electron chi connectivity index (χ1n) is 9.43. The highest BCUT2D eigenvalue weighted by molar-refractivity contribution is 5.97. The summed E-state index contributed by atoms with van der Waals surface area (Å²) >= 11 is 0. The zero-order valence-electron chi connectivity index (χ0n) is 16.8. The first-order chi connectivity index (χ1) is 14.4. The monoisotopic (exact) mass is 402 g/mol. The molecule has 0 saturated carbocycles. The van der Waals surface area contributed by atoms with E-state index in [-0.39, 0.29) is 30.0 Å². The Kier molecular flexibility index (Phi) is 6.60. The van der Waals surface area contributed by atoms with Crippen molar-refractivity contribution in [2.75, 3.05) is 17.2 Å². The lowest BCUT2D eigenvalue weighted by atomic mass is 10.1. The Morgan fingerprint density at radius 2 is 1.47 bits per heavy atom. The van der Waals surface area contributed by atoms with Crippen LogP contribution >= 0.6 is 0 Å². The van der Waals surface area contributed by atoms with E-state index in [1.54, 1.807) is 12.1 Å². The minimum atomic E-state index is -0.357. The number of nitrogens with one attached hydrogen (secondary N) is 2. The third-order valence-electron chi connectivity index (χ3n) is 4.33. The maximum Gasteiger partial charge on any atom is 0.262 e. The van der Waals surface area contributed by atoms with Gasteiger partial charge in [0.2, 0.25) is 5.91 Å². The van der Waals surface area contributed by atoms with E-state index in [0.29, 0.717) is 16.9 Å². The van der Waals surface area contributed by atoms with Gasteiger partial charge in [0.25, 0.3) is 5.91 Å². The van der Waals surface area contributed by atoms with Crippen LogP contribution in [0.25, 0.3) is 11.1 Å². The Bertz CT molecular complexity index is 1060. The molecule has 0 heterocycles. The molecule has 0 atom stereocenters. The first-order valence-corrected chi connectivity index (χ1v) is 9.43. The van der Waals surface area contributed by atoms with Crippen LogP contribution in [-0.4, -0.2) is 24.2 Å². The maximum atomic E-state index is 12.3. The summed E-state index contributed by atoms with van der Waals surface area (Å²) in [6.07, 6.45) is 0. The van der Waals surface area contributed by atoms with Gasteiger partial charge in [0.1, 0.15) is 5.75 Å². The van der Waals surface area contributed by atoms with Crippen LogP contribution in [-0.2, 0) is 9.59 Å². The van der Waals surface area contributed by atoms with E-state index in [2.05, 4.69) is 10.6 Å². The predicted molar refractivity (Wildman–Crippen MR) is 117 cm³/mol. The zero-order valence-corrected chi connectivity index (χ0v) is 16.8. The molecule has 0 bridgehead atoms. The molecular formula is C24H22N2O4. The van der Waals surface area contributed by atoms with Crippen LogP contribution in [0.1, 0.15) is 24.2 Å². The van der Waals surface area contributed by atoms with Gasteiger partial charge < -0.3 is 15.4 Å². The van der Waals surface area contributed by atoms with Gasteiger partial charge in [-0.05, 0) is 48.4 Å². The third kappa shape index (κ3) is 5.54. The maximum absolute atomic E-state index is 12.3. The van der Waals surface area contributed by atoms with Gasteiger partial charge in [0.15, 0.2) is 12.4 Å². The molecule has 0 unspecified atom stereocenters. The van der Waals surface area contributed by atoms with Gasteiger partial charge in [-0.15, -0.1) is 0 Å². The van der Waals surface area contributed by atoms with E-state index in [9.17, 15) is 14.4 Å². The van der Waals surface area contributed by atoms with E-state index >= 15 is 0 Å². The number of anilines is 2. The average Bonchev–Trinajstić information content (AvgIpc) is 2.73. The highest BCUT2D eigenvalue weighted by Crippen LogP contribution is 2.26. The SMILES string of the molecule is CC(=O)Nc1ccc(C(C)=O)cc1OCC(=O)Nc1ccc(-c2ccccc2)cc1. The van der Waals surface area contributed by atoms with E-state index in [0.717, 1.165) is 11.1 Å². The fourth-order valence-corrected chi connectivity index (χ4v) is 2.87. The lowest BCUT2D eigenvalue weighted by Gasteiger charge is -2.13. The summed E-state index contributed by atoms with van der Waals surface area (Å²) in [6.45, 7) is 2.53.